The van der Waals surface area contributed by atoms with E-state index >= 15 is 0 Å². The predicted molar refractivity (Wildman–Crippen MR) is 95.2 cm³/mol. The van der Waals surface area contributed by atoms with Gasteiger partial charge in [0.25, 0.3) is 5.91 Å². The summed E-state index contributed by atoms with van der Waals surface area (Å²) in [5, 5.41) is 5.74. The fourth-order valence-corrected chi connectivity index (χ4v) is 4.57. The molecular formula is C17H21N3O5S. The molecule has 2 N–H and O–H groups in total. The van der Waals surface area contributed by atoms with E-state index in [1.807, 2.05) is 6.92 Å². The van der Waals surface area contributed by atoms with Gasteiger partial charge in [-0.05, 0) is 32.3 Å². The Morgan fingerprint density at radius 2 is 1.92 bits per heavy atom. The van der Waals surface area contributed by atoms with Gasteiger partial charge >= 0.3 is 12.0 Å². The Balaban J connectivity index is 1.74. The zero-order valence-electron chi connectivity index (χ0n) is 14.9. The van der Waals surface area contributed by atoms with Crippen molar-refractivity contribution < 1.29 is 23.9 Å². The fraction of sp³-hybridized carbons (Fsp3) is 0.529. The lowest BCUT2D eigenvalue weighted by Crippen LogP contribution is -2.44. The highest BCUT2D eigenvalue weighted by Crippen LogP contribution is 2.35. The van der Waals surface area contributed by atoms with E-state index in [2.05, 4.69) is 10.6 Å². The van der Waals surface area contributed by atoms with Crippen molar-refractivity contribution >= 4 is 40.2 Å². The SMILES string of the molecule is COC(=O)c1c(NC(=O)CN2C(=O)NC3(CCCC3)C2=O)sc(C)c1C. The molecule has 9 heteroatoms. The average Bonchev–Trinajstić information content (AvgIpc) is 3.23. The number of esters is 1. The minimum atomic E-state index is -0.843. The summed E-state index contributed by atoms with van der Waals surface area (Å²) in [7, 11) is 1.27. The molecule has 0 unspecified atom stereocenters. The zero-order chi connectivity index (χ0) is 19.1. The first-order chi connectivity index (χ1) is 12.3. The Hall–Kier alpha value is -2.42. The molecule has 1 spiro atoms. The maximum atomic E-state index is 12.6. The number of ether oxygens (including phenoxy) is 1. The van der Waals surface area contributed by atoms with Crippen molar-refractivity contribution in [3.8, 4) is 0 Å². The number of carbonyl (C=O) groups is 4. The maximum absolute atomic E-state index is 12.6. The van der Waals surface area contributed by atoms with Crippen LogP contribution < -0.4 is 10.6 Å². The molecule has 1 aliphatic carbocycles. The molecule has 4 amide bonds. The van der Waals surface area contributed by atoms with Crippen molar-refractivity contribution in [3.05, 3.63) is 16.0 Å². The van der Waals surface area contributed by atoms with Crippen LogP contribution >= 0.6 is 11.3 Å². The third kappa shape index (κ3) is 2.96. The van der Waals surface area contributed by atoms with Gasteiger partial charge in [-0.15, -0.1) is 11.3 Å². The van der Waals surface area contributed by atoms with Crippen LogP contribution in [-0.4, -0.2) is 47.9 Å². The molecule has 2 aliphatic rings. The Morgan fingerprint density at radius 3 is 2.54 bits per heavy atom. The number of amides is 4. The van der Waals surface area contributed by atoms with Crippen LogP contribution in [0.1, 0.15) is 46.5 Å². The molecule has 1 saturated carbocycles. The molecule has 2 fully saturated rings. The number of nitrogens with one attached hydrogen (secondary N) is 2. The van der Waals surface area contributed by atoms with Crippen molar-refractivity contribution in [2.24, 2.45) is 0 Å². The second kappa shape index (κ2) is 6.71. The molecule has 8 nitrogen and oxygen atoms in total. The molecule has 26 heavy (non-hydrogen) atoms. The maximum Gasteiger partial charge on any atom is 0.341 e. The number of hydrogen-bond donors (Lipinski definition) is 2. The van der Waals surface area contributed by atoms with Gasteiger partial charge in [0.05, 0.1) is 12.7 Å². The number of carbonyl (C=O) groups excluding carboxylic acids is 4. The van der Waals surface area contributed by atoms with Gasteiger partial charge in [-0.25, -0.2) is 9.59 Å². The van der Waals surface area contributed by atoms with Crippen molar-refractivity contribution in [2.45, 2.75) is 45.1 Å². The molecule has 1 aromatic rings. The third-order valence-electron chi connectivity index (χ3n) is 5.03. The minimum absolute atomic E-state index is 0.299. The van der Waals surface area contributed by atoms with Crippen LogP contribution in [0.3, 0.4) is 0 Å². The minimum Gasteiger partial charge on any atom is -0.465 e. The van der Waals surface area contributed by atoms with Gasteiger partial charge in [-0.2, -0.15) is 0 Å². The van der Waals surface area contributed by atoms with Crippen molar-refractivity contribution in [2.75, 3.05) is 19.0 Å². The number of rotatable bonds is 4. The van der Waals surface area contributed by atoms with Crippen LogP contribution in [0.2, 0.25) is 0 Å². The zero-order valence-corrected chi connectivity index (χ0v) is 15.7. The number of nitrogens with zero attached hydrogens (tertiary/aromatic N) is 1. The molecule has 0 aromatic carbocycles. The van der Waals surface area contributed by atoms with Gasteiger partial charge in [0, 0.05) is 4.88 Å². The van der Waals surface area contributed by atoms with Gasteiger partial charge < -0.3 is 15.4 Å². The quantitative estimate of drug-likeness (QED) is 0.615. The highest BCUT2D eigenvalue weighted by atomic mass is 32.1. The first kappa shape index (κ1) is 18.4. The highest BCUT2D eigenvalue weighted by molar-refractivity contribution is 7.16. The number of methoxy groups -OCH3 is 1. The van der Waals surface area contributed by atoms with Gasteiger partial charge in [0.15, 0.2) is 0 Å². The third-order valence-corrected chi connectivity index (χ3v) is 6.16. The number of anilines is 1. The Labute approximate surface area is 154 Å². The average molecular weight is 379 g/mol. The number of hydrogen-bond acceptors (Lipinski definition) is 6. The van der Waals surface area contributed by atoms with E-state index in [0.29, 0.717) is 23.4 Å². The van der Waals surface area contributed by atoms with Crippen LogP contribution in [0.15, 0.2) is 0 Å². The molecular weight excluding hydrogens is 358 g/mol. The fourth-order valence-electron chi connectivity index (χ4n) is 3.51. The monoisotopic (exact) mass is 379 g/mol. The second-order valence-electron chi connectivity index (χ2n) is 6.64. The Morgan fingerprint density at radius 1 is 1.27 bits per heavy atom. The van der Waals surface area contributed by atoms with E-state index in [-0.39, 0.29) is 12.5 Å². The van der Waals surface area contributed by atoms with E-state index in [1.54, 1.807) is 6.92 Å². The first-order valence-electron chi connectivity index (χ1n) is 8.41. The largest absolute Gasteiger partial charge is 0.465 e. The molecule has 0 bridgehead atoms. The predicted octanol–water partition coefficient (Wildman–Crippen LogP) is 1.95. The standard InChI is InChI=1S/C17H21N3O5S/c1-9-10(2)26-13(12(9)14(22)25-3)18-11(21)8-20-15(23)17(19-16(20)24)6-4-5-7-17/h4-8H2,1-3H3,(H,18,21)(H,19,24). The van der Waals surface area contributed by atoms with Crippen molar-refractivity contribution in [1.29, 1.82) is 0 Å². The molecule has 0 atom stereocenters. The smallest absolute Gasteiger partial charge is 0.341 e. The van der Waals surface area contributed by atoms with Gasteiger partial charge in [0.1, 0.15) is 17.1 Å². The molecule has 0 radical (unpaired) electrons. The number of urea groups is 1. The molecule has 3 rings (SSSR count). The summed E-state index contributed by atoms with van der Waals surface area (Å²) in [6, 6.07) is -0.543. The number of thiophene rings is 1. The lowest BCUT2D eigenvalue weighted by atomic mass is 9.98. The summed E-state index contributed by atoms with van der Waals surface area (Å²) in [6.07, 6.45) is 2.96. The van der Waals surface area contributed by atoms with E-state index in [0.717, 1.165) is 28.2 Å². The van der Waals surface area contributed by atoms with E-state index in [4.69, 9.17) is 4.74 Å². The molecule has 140 valence electrons. The van der Waals surface area contributed by atoms with Crippen LogP contribution in [-0.2, 0) is 14.3 Å². The van der Waals surface area contributed by atoms with Crippen LogP contribution in [0, 0.1) is 13.8 Å². The molecule has 2 heterocycles. The normalized spacial score (nSPS) is 18.3. The van der Waals surface area contributed by atoms with E-state index < -0.39 is 23.4 Å². The summed E-state index contributed by atoms with van der Waals surface area (Å²) in [5.41, 5.74) is 0.190. The van der Waals surface area contributed by atoms with Crippen molar-refractivity contribution in [3.63, 3.8) is 0 Å². The van der Waals surface area contributed by atoms with Crippen molar-refractivity contribution in [1.82, 2.24) is 10.2 Å². The summed E-state index contributed by atoms with van der Waals surface area (Å²) in [4.78, 5) is 51.0. The van der Waals surface area contributed by atoms with Crippen LogP contribution in [0.25, 0.3) is 0 Å². The first-order valence-corrected chi connectivity index (χ1v) is 9.23. The summed E-state index contributed by atoms with van der Waals surface area (Å²) >= 11 is 1.25. The van der Waals surface area contributed by atoms with Gasteiger partial charge in [-0.1, -0.05) is 12.8 Å². The lowest BCUT2D eigenvalue weighted by Gasteiger charge is -2.19. The molecule has 1 aromatic heterocycles. The summed E-state index contributed by atoms with van der Waals surface area (Å²) in [6.45, 7) is 3.22. The van der Waals surface area contributed by atoms with Gasteiger partial charge in [0.2, 0.25) is 5.91 Å². The lowest BCUT2D eigenvalue weighted by molar-refractivity contribution is -0.133. The molecule has 1 aliphatic heterocycles. The van der Waals surface area contributed by atoms with E-state index in [1.165, 1.54) is 18.4 Å². The summed E-state index contributed by atoms with van der Waals surface area (Å²) < 4.78 is 4.77. The van der Waals surface area contributed by atoms with Gasteiger partial charge in [-0.3, -0.25) is 14.5 Å². The van der Waals surface area contributed by atoms with Crippen LogP contribution in [0.5, 0.6) is 0 Å². The highest BCUT2D eigenvalue weighted by Gasteiger charge is 2.52. The number of imide groups is 1. The Bertz CT molecular complexity index is 795. The summed E-state index contributed by atoms with van der Waals surface area (Å²) in [5.74, 6) is -1.42. The van der Waals surface area contributed by atoms with Crippen LogP contribution in [0.4, 0.5) is 9.80 Å². The van der Waals surface area contributed by atoms with E-state index in [9.17, 15) is 19.2 Å². The Kier molecular flexibility index (Phi) is 4.74. The number of aryl methyl sites for hydroxylation is 1. The second-order valence-corrected chi connectivity index (χ2v) is 7.86. The topological polar surface area (TPSA) is 105 Å². The molecule has 1 saturated heterocycles.